The average molecular weight is 373 g/mol. The Morgan fingerprint density at radius 3 is 2.11 bits per heavy atom. The van der Waals surface area contributed by atoms with Crippen LogP contribution in [0.3, 0.4) is 0 Å². The highest BCUT2D eigenvalue weighted by molar-refractivity contribution is 5.34. The molecule has 0 aliphatic heterocycles. The minimum Gasteiger partial charge on any atom is -0.494 e. The van der Waals surface area contributed by atoms with Gasteiger partial charge in [-0.3, -0.25) is 0 Å². The Labute approximate surface area is 168 Å². The molecular weight excluding hydrogens is 344 g/mol. The lowest BCUT2D eigenvalue weighted by Crippen LogP contribution is -1.99. The smallest absolute Gasteiger partial charge is 0.119 e. The molecule has 0 saturated carbocycles. The molecule has 0 bridgehead atoms. The molecular formula is C26H28O2. The Kier molecular flexibility index (Phi) is 7.90. The molecule has 0 aliphatic rings. The minimum absolute atomic E-state index is 0.164. The summed E-state index contributed by atoms with van der Waals surface area (Å²) in [5, 5.41) is 8.79. The molecule has 2 nitrogen and oxygen atoms in total. The lowest BCUT2D eigenvalue weighted by atomic mass is 9.97. The van der Waals surface area contributed by atoms with E-state index in [1.54, 1.807) is 0 Å². The predicted octanol–water partition coefficient (Wildman–Crippen LogP) is 5.38. The molecule has 1 N–H and O–H groups in total. The van der Waals surface area contributed by atoms with Crippen molar-refractivity contribution in [2.24, 2.45) is 0 Å². The second kappa shape index (κ2) is 11.1. The van der Waals surface area contributed by atoms with Gasteiger partial charge in [0.25, 0.3) is 0 Å². The summed E-state index contributed by atoms with van der Waals surface area (Å²) in [6.45, 7) is 0.718. The van der Waals surface area contributed by atoms with Crippen molar-refractivity contribution < 1.29 is 9.84 Å². The van der Waals surface area contributed by atoms with Gasteiger partial charge in [-0.25, -0.2) is 0 Å². The van der Waals surface area contributed by atoms with Gasteiger partial charge in [0.05, 0.1) is 6.61 Å². The average Bonchev–Trinajstić information content (AvgIpc) is 2.74. The van der Waals surface area contributed by atoms with Gasteiger partial charge in [0.2, 0.25) is 0 Å². The Hall–Kier alpha value is -2.84. The molecule has 0 aromatic heterocycles. The highest BCUT2D eigenvalue weighted by Crippen LogP contribution is 2.16. The Balaban J connectivity index is 1.52. The second-order valence-electron chi connectivity index (χ2n) is 6.88. The Morgan fingerprint density at radius 2 is 1.36 bits per heavy atom. The van der Waals surface area contributed by atoms with Gasteiger partial charge in [0.15, 0.2) is 0 Å². The maximum atomic E-state index is 8.79. The predicted molar refractivity (Wildman–Crippen MR) is 116 cm³/mol. The third-order valence-electron chi connectivity index (χ3n) is 4.71. The number of aliphatic hydroxyl groups is 1. The standard InChI is InChI=1S/C26H28O2/c27-19-8-20-28-26-17-15-22(16-18-26)9-4-5-12-24-13-6-7-14-25(24)21-23-10-2-1-3-11-23/h1-7,10-11,13-18,27H,8-9,12,19-21H2. The van der Waals surface area contributed by atoms with Crippen molar-refractivity contribution in [1.29, 1.82) is 0 Å². The fourth-order valence-corrected chi connectivity index (χ4v) is 3.15. The van der Waals surface area contributed by atoms with Crippen LogP contribution in [0.25, 0.3) is 0 Å². The van der Waals surface area contributed by atoms with E-state index in [9.17, 15) is 0 Å². The van der Waals surface area contributed by atoms with E-state index in [2.05, 4.69) is 78.9 Å². The van der Waals surface area contributed by atoms with E-state index < -0.39 is 0 Å². The van der Waals surface area contributed by atoms with Gasteiger partial charge in [-0.2, -0.15) is 0 Å². The van der Waals surface area contributed by atoms with Crippen molar-refractivity contribution in [1.82, 2.24) is 0 Å². The highest BCUT2D eigenvalue weighted by Gasteiger charge is 2.01. The van der Waals surface area contributed by atoms with E-state index >= 15 is 0 Å². The van der Waals surface area contributed by atoms with E-state index in [1.807, 2.05) is 12.1 Å². The van der Waals surface area contributed by atoms with E-state index in [4.69, 9.17) is 9.84 Å². The van der Waals surface area contributed by atoms with Crippen molar-refractivity contribution in [3.05, 3.63) is 113 Å². The molecule has 0 atom stereocenters. The normalized spacial score (nSPS) is 11.0. The SMILES string of the molecule is OCCCOc1ccc(CC=CCc2ccccc2Cc2ccccc2)cc1. The van der Waals surface area contributed by atoms with Crippen molar-refractivity contribution in [2.75, 3.05) is 13.2 Å². The third kappa shape index (κ3) is 6.40. The third-order valence-corrected chi connectivity index (χ3v) is 4.71. The lowest BCUT2D eigenvalue weighted by Gasteiger charge is -2.08. The molecule has 0 heterocycles. The Morgan fingerprint density at radius 1 is 0.679 bits per heavy atom. The summed E-state index contributed by atoms with van der Waals surface area (Å²) in [5.41, 5.74) is 5.39. The fraction of sp³-hybridized carbons (Fsp3) is 0.231. The van der Waals surface area contributed by atoms with Gasteiger partial charge in [-0.05, 0) is 53.6 Å². The summed E-state index contributed by atoms with van der Waals surface area (Å²) in [5.74, 6) is 0.857. The molecule has 0 fully saturated rings. The molecule has 0 radical (unpaired) electrons. The van der Waals surface area contributed by atoms with Gasteiger partial charge >= 0.3 is 0 Å². The fourth-order valence-electron chi connectivity index (χ4n) is 3.15. The first-order chi connectivity index (χ1) is 13.8. The zero-order valence-electron chi connectivity index (χ0n) is 16.3. The number of rotatable bonds is 10. The van der Waals surface area contributed by atoms with Crippen LogP contribution in [-0.4, -0.2) is 18.3 Å². The van der Waals surface area contributed by atoms with Crippen LogP contribution < -0.4 is 4.74 Å². The van der Waals surface area contributed by atoms with Crippen LogP contribution in [0.4, 0.5) is 0 Å². The van der Waals surface area contributed by atoms with Gasteiger partial charge in [-0.1, -0.05) is 78.9 Å². The van der Waals surface area contributed by atoms with Gasteiger partial charge in [0, 0.05) is 13.0 Å². The zero-order valence-corrected chi connectivity index (χ0v) is 16.3. The zero-order chi connectivity index (χ0) is 19.4. The van der Waals surface area contributed by atoms with E-state index in [0.29, 0.717) is 13.0 Å². The monoisotopic (exact) mass is 372 g/mol. The minimum atomic E-state index is 0.164. The molecule has 2 heteroatoms. The number of hydrogen-bond acceptors (Lipinski definition) is 2. The quantitative estimate of drug-likeness (QED) is 0.382. The molecule has 0 aliphatic carbocycles. The molecule has 0 spiro atoms. The highest BCUT2D eigenvalue weighted by atomic mass is 16.5. The van der Waals surface area contributed by atoms with Crippen LogP contribution in [0.15, 0.2) is 91.0 Å². The molecule has 3 aromatic carbocycles. The molecule has 0 unspecified atom stereocenters. The second-order valence-corrected chi connectivity index (χ2v) is 6.88. The van der Waals surface area contributed by atoms with E-state index in [0.717, 1.165) is 25.0 Å². The van der Waals surface area contributed by atoms with E-state index in [1.165, 1.54) is 22.3 Å². The molecule has 3 aromatic rings. The number of benzene rings is 3. The van der Waals surface area contributed by atoms with Crippen molar-refractivity contribution in [3.63, 3.8) is 0 Å². The summed E-state index contributed by atoms with van der Waals surface area (Å²) >= 11 is 0. The number of allylic oxidation sites excluding steroid dienone is 2. The molecule has 0 saturated heterocycles. The summed E-state index contributed by atoms with van der Waals surface area (Å²) < 4.78 is 5.57. The summed E-state index contributed by atoms with van der Waals surface area (Å²) in [7, 11) is 0. The Bertz CT molecular complexity index is 851. The van der Waals surface area contributed by atoms with Crippen LogP contribution in [-0.2, 0) is 19.3 Å². The van der Waals surface area contributed by atoms with Crippen LogP contribution in [0.5, 0.6) is 5.75 Å². The first kappa shape index (κ1) is 19.9. The summed E-state index contributed by atoms with van der Waals surface area (Å²) in [4.78, 5) is 0. The molecule has 144 valence electrons. The van der Waals surface area contributed by atoms with Crippen molar-refractivity contribution >= 4 is 0 Å². The van der Waals surface area contributed by atoms with Crippen LogP contribution in [0.1, 0.15) is 28.7 Å². The number of ether oxygens (including phenoxy) is 1. The topological polar surface area (TPSA) is 29.5 Å². The van der Waals surface area contributed by atoms with Crippen LogP contribution >= 0.6 is 0 Å². The van der Waals surface area contributed by atoms with Gasteiger partial charge < -0.3 is 9.84 Å². The first-order valence-corrected chi connectivity index (χ1v) is 9.93. The van der Waals surface area contributed by atoms with Gasteiger partial charge in [-0.15, -0.1) is 0 Å². The van der Waals surface area contributed by atoms with Gasteiger partial charge in [0.1, 0.15) is 5.75 Å². The van der Waals surface area contributed by atoms with Crippen LogP contribution in [0.2, 0.25) is 0 Å². The number of hydrogen-bond donors (Lipinski definition) is 1. The lowest BCUT2D eigenvalue weighted by molar-refractivity contribution is 0.233. The summed E-state index contributed by atoms with van der Waals surface area (Å²) in [6, 6.07) is 27.5. The largest absolute Gasteiger partial charge is 0.494 e. The summed E-state index contributed by atoms with van der Waals surface area (Å²) in [6.07, 6.45) is 8.00. The van der Waals surface area contributed by atoms with Crippen molar-refractivity contribution in [3.8, 4) is 5.75 Å². The van der Waals surface area contributed by atoms with Crippen molar-refractivity contribution in [2.45, 2.75) is 25.7 Å². The molecule has 3 rings (SSSR count). The van der Waals surface area contributed by atoms with E-state index in [-0.39, 0.29) is 6.61 Å². The molecule has 0 amide bonds. The maximum absolute atomic E-state index is 8.79. The maximum Gasteiger partial charge on any atom is 0.119 e. The first-order valence-electron chi connectivity index (χ1n) is 9.93. The molecule has 28 heavy (non-hydrogen) atoms. The van der Waals surface area contributed by atoms with Crippen LogP contribution in [0, 0.1) is 0 Å². The number of aliphatic hydroxyl groups excluding tert-OH is 1.